The van der Waals surface area contributed by atoms with Crippen LogP contribution in [0.15, 0.2) is 35.5 Å². The van der Waals surface area contributed by atoms with Gasteiger partial charge in [0.25, 0.3) is 0 Å². The highest BCUT2D eigenvalue weighted by molar-refractivity contribution is 6.11. The van der Waals surface area contributed by atoms with E-state index in [2.05, 4.69) is 24.5 Å². The van der Waals surface area contributed by atoms with E-state index >= 15 is 0 Å². The molecule has 6 nitrogen and oxygen atoms in total. The number of carbonyl (C=O) groups is 1. The number of nitrogens with zero attached hydrogens (tertiary/aromatic N) is 1. The predicted molar refractivity (Wildman–Crippen MR) is 108 cm³/mol. The van der Waals surface area contributed by atoms with Gasteiger partial charge in [-0.1, -0.05) is 26.0 Å². The molecule has 0 unspecified atom stereocenters. The van der Waals surface area contributed by atoms with Gasteiger partial charge in [-0.05, 0) is 55.2 Å². The molecule has 0 atom stereocenters. The van der Waals surface area contributed by atoms with Crippen molar-refractivity contribution >= 4 is 17.8 Å². The fourth-order valence-corrected chi connectivity index (χ4v) is 3.15. The average Bonchev–Trinajstić information content (AvgIpc) is 3.41. The summed E-state index contributed by atoms with van der Waals surface area (Å²) in [7, 11) is 1.89. The van der Waals surface area contributed by atoms with E-state index in [0.29, 0.717) is 12.1 Å². The summed E-state index contributed by atoms with van der Waals surface area (Å²) in [6, 6.07) is 9.96. The van der Waals surface area contributed by atoms with Crippen molar-refractivity contribution in [1.29, 1.82) is 10.7 Å². The van der Waals surface area contributed by atoms with Crippen molar-refractivity contribution in [2.24, 2.45) is 11.1 Å². The fraction of sp³-hybridized carbons (Fsp3) is 0.476. The number of hydrogen-bond acceptors (Lipinski definition) is 5. The lowest BCUT2D eigenvalue weighted by atomic mass is 9.75. The molecule has 0 spiro atoms. The van der Waals surface area contributed by atoms with E-state index in [9.17, 15) is 4.79 Å². The van der Waals surface area contributed by atoms with Crippen molar-refractivity contribution in [2.75, 3.05) is 12.4 Å². The first kappa shape index (κ1) is 20.5. The largest absolute Gasteiger partial charge is 0.402 e. The number of anilines is 1. The summed E-state index contributed by atoms with van der Waals surface area (Å²) in [5, 5.41) is 22.3. The zero-order valence-electron chi connectivity index (χ0n) is 16.4. The molecule has 1 aromatic carbocycles. The minimum absolute atomic E-state index is 0.265. The van der Waals surface area contributed by atoms with Crippen molar-refractivity contribution in [2.45, 2.75) is 51.5 Å². The monoisotopic (exact) mass is 367 g/mol. The third kappa shape index (κ3) is 5.33. The van der Waals surface area contributed by atoms with E-state index in [1.807, 2.05) is 37.4 Å². The standard InChI is InChI=1S/C16H23N3.C5H6N2O/c1-16(2)8-7-13(14(17)10-16)15(18)11-5-4-6-12(9-11)19-3;6-3-5(1-2-5)7-4-8/h4-6,9,18-19H,7-8,10,17H2,1-3H3;4H,1-2H2,(H,7,8). The maximum Gasteiger partial charge on any atom is 0.208 e. The van der Waals surface area contributed by atoms with Gasteiger partial charge in [0.2, 0.25) is 6.41 Å². The van der Waals surface area contributed by atoms with Crippen molar-refractivity contribution in [3.8, 4) is 6.07 Å². The lowest BCUT2D eigenvalue weighted by Crippen LogP contribution is -2.27. The van der Waals surface area contributed by atoms with Crippen LogP contribution in [-0.2, 0) is 4.79 Å². The summed E-state index contributed by atoms with van der Waals surface area (Å²) in [5.41, 5.74) is 10.4. The van der Waals surface area contributed by atoms with Gasteiger partial charge in [0.15, 0.2) is 0 Å². The Morgan fingerprint density at radius 3 is 2.52 bits per heavy atom. The van der Waals surface area contributed by atoms with Gasteiger partial charge in [0.1, 0.15) is 5.54 Å². The van der Waals surface area contributed by atoms with Crippen LogP contribution in [0, 0.1) is 22.2 Å². The summed E-state index contributed by atoms with van der Waals surface area (Å²) in [6.07, 6.45) is 5.08. The van der Waals surface area contributed by atoms with Gasteiger partial charge < -0.3 is 16.4 Å². The molecule has 27 heavy (non-hydrogen) atoms. The van der Waals surface area contributed by atoms with Gasteiger partial charge in [-0.25, -0.2) is 0 Å². The third-order valence-electron chi connectivity index (χ3n) is 5.15. The maximum absolute atomic E-state index is 9.76. The van der Waals surface area contributed by atoms with Crippen LogP contribution < -0.4 is 16.4 Å². The summed E-state index contributed by atoms with van der Waals surface area (Å²) in [4.78, 5) is 9.76. The lowest BCUT2D eigenvalue weighted by molar-refractivity contribution is -0.110. The highest BCUT2D eigenvalue weighted by Crippen LogP contribution is 2.37. The molecule has 2 aliphatic rings. The molecule has 1 saturated carbocycles. The number of rotatable bonds is 5. The van der Waals surface area contributed by atoms with E-state index < -0.39 is 5.54 Å². The molecule has 1 amide bonds. The minimum Gasteiger partial charge on any atom is -0.402 e. The topological polar surface area (TPSA) is 115 Å². The van der Waals surface area contributed by atoms with Gasteiger partial charge in [-0.2, -0.15) is 5.26 Å². The van der Waals surface area contributed by atoms with Gasteiger partial charge in [-0.15, -0.1) is 0 Å². The van der Waals surface area contributed by atoms with Crippen molar-refractivity contribution in [3.05, 3.63) is 41.1 Å². The molecule has 0 aromatic heterocycles. The second kappa shape index (κ2) is 8.26. The molecule has 0 aliphatic heterocycles. The Morgan fingerprint density at radius 2 is 2.04 bits per heavy atom. The zero-order valence-corrected chi connectivity index (χ0v) is 16.4. The predicted octanol–water partition coefficient (Wildman–Crippen LogP) is 3.31. The molecule has 1 aromatic rings. The molecule has 0 bridgehead atoms. The third-order valence-corrected chi connectivity index (χ3v) is 5.15. The normalized spacial score (nSPS) is 19.0. The van der Waals surface area contributed by atoms with Crippen molar-refractivity contribution in [3.63, 3.8) is 0 Å². The minimum atomic E-state index is -0.470. The summed E-state index contributed by atoms with van der Waals surface area (Å²) in [6.45, 7) is 4.48. The highest BCUT2D eigenvalue weighted by atomic mass is 16.1. The first-order valence-electron chi connectivity index (χ1n) is 9.23. The van der Waals surface area contributed by atoms with E-state index in [1.54, 1.807) is 0 Å². The molecule has 0 saturated heterocycles. The second-order valence-corrected chi connectivity index (χ2v) is 8.01. The van der Waals surface area contributed by atoms with Gasteiger partial charge >= 0.3 is 0 Å². The van der Waals surface area contributed by atoms with Crippen LogP contribution in [0.2, 0.25) is 0 Å². The molecule has 3 rings (SSSR count). The van der Waals surface area contributed by atoms with Crippen LogP contribution in [0.1, 0.15) is 51.5 Å². The second-order valence-electron chi connectivity index (χ2n) is 8.01. The number of nitriles is 1. The fourth-order valence-electron chi connectivity index (χ4n) is 3.15. The van der Waals surface area contributed by atoms with Crippen LogP contribution in [0.25, 0.3) is 0 Å². The number of hydrogen-bond donors (Lipinski definition) is 4. The number of allylic oxidation sites excluding steroid dienone is 2. The number of nitrogens with two attached hydrogens (primary N) is 1. The number of amides is 1. The highest BCUT2D eigenvalue weighted by Gasteiger charge is 2.42. The van der Waals surface area contributed by atoms with Crippen LogP contribution in [0.3, 0.4) is 0 Å². The Morgan fingerprint density at radius 1 is 1.33 bits per heavy atom. The molecular formula is C21H29N5O. The Labute approximate surface area is 161 Å². The van der Waals surface area contributed by atoms with Gasteiger partial charge in [-0.3, -0.25) is 10.2 Å². The quantitative estimate of drug-likeness (QED) is 0.472. The Hall–Kier alpha value is -2.81. The van der Waals surface area contributed by atoms with Crippen LogP contribution in [0.5, 0.6) is 0 Å². The van der Waals surface area contributed by atoms with Gasteiger partial charge in [0, 0.05) is 24.0 Å². The molecule has 0 radical (unpaired) electrons. The zero-order chi connectivity index (χ0) is 20.1. The number of benzene rings is 1. The lowest BCUT2D eigenvalue weighted by Gasteiger charge is -2.31. The van der Waals surface area contributed by atoms with Crippen LogP contribution >= 0.6 is 0 Å². The molecular weight excluding hydrogens is 338 g/mol. The van der Waals surface area contributed by atoms with E-state index in [-0.39, 0.29) is 5.41 Å². The summed E-state index contributed by atoms with van der Waals surface area (Å²) in [5.74, 6) is 0. The molecule has 2 aliphatic carbocycles. The van der Waals surface area contributed by atoms with E-state index in [1.165, 1.54) is 0 Å². The van der Waals surface area contributed by atoms with Crippen molar-refractivity contribution in [1.82, 2.24) is 5.32 Å². The smallest absolute Gasteiger partial charge is 0.208 e. The Bertz CT molecular complexity index is 784. The summed E-state index contributed by atoms with van der Waals surface area (Å²) < 4.78 is 0. The number of nitrogens with one attached hydrogen (secondary N) is 3. The summed E-state index contributed by atoms with van der Waals surface area (Å²) >= 11 is 0. The molecule has 5 N–H and O–H groups in total. The average molecular weight is 367 g/mol. The molecule has 6 heteroatoms. The Balaban J connectivity index is 0.000000273. The molecule has 0 heterocycles. The maximum atomic E-state index is 9.76. The van der Waals surface area contributed by atoms with E-state index in [0.717, 1.165) is 54.6 Å². The van der Waals surface area contributed by atoms with Gasteiger partial charge in [0.05, 0.1) is 11.8 Å². The molecule has 144 valence electrons. The SMILES string of the molecule is CNc1cccc(C(=N)C2=C(N)CC(C)(C)CC2)c1.N#CC1(NC=O)CC1. The first-order chi connectivity index (χ1) is 12.8. The van der Waals surface area contributed by atoms with Crippen LogP contribution in [-0.4, -0.2) is 24.7 Å². The first-order valence-corrected chi connectivity index (χ1v) is 9.23. The van der Waals surface area contributed by atoms with Crippen molar-refractivity contribution < 1.29 is 4.79 Å². The number of carbonyl (C=O) groups excluding carboxylic acids is 1. The molecule has 1 fully saturated rings. The Kier molecular flexibility index (Phi) is 6.27. The van der Waals surface area contributed by atoms with E-state index in [4.69, 9.17) is 16.4 Å². The van der Waals surface area contributed by atoms with Crippen LogP contribution in [0.4, 0.5) is 5.69 Å².